The summed E-state index contributed by atoms with van der Waals surface area (Å²) in [7, 11) is 0. The maximum absolute atomic E-state index is 6.03. The number of fused-ring (bicyclic) bond motifs is 1. The van der Waals surface area contributed by atoms with Gasteiger partial charge in [0.1, 0.15) is 0 Å². The first kappa shape index (κ1) is 14.5. The van der Waals surface area contributed by atoms with Gasteiger partial charge in [0.05, 0.1) is 12.7 Å². The molecule has 3 aromatic carbocycles. The van der Waals surface area contributed by atoms with Crippen LogP contribution in [0.1, 0.15) is 24.0 Å². The molecule has 0 radical (unpaired) electrons. The molecule has 1 fully saturated rings. The van der Waals surface area contributed by atoms with Gasteiger partial charge in [0.25, 0.3) is 0 Å². The van der Waals surface area contributed by atoms with Gasteiger partial charge in [0.15, 0.2) is 0 Å². The molecule has 0 bridgehead atoms. The SMILES string of the molecule is c1ccc(COC2CC2CCc2cccc3ccccc23)cc1. The molecule has 0 spiro atoms. The summed E-state index contributed by atoms with van der Waals surface area (Å²) in [5.74, 6) is 0.734. The molecule has 0 aliphatic heterocycles. The van der Waals surface area contributed by atoms with Gasteiger partial charge in [-0.05, 0) is 47.1 Å². The van der Waals surface area contributed by atoms with Crippen molar-refractivity contribution in [1.82, 2.24) is 0 Å². The normalized spacial score (nSPS) is 19.8. The lowest BCUT2D eigenvalue weighted by Gasteiger charge is -2.07. The number of benzene rings is 3. The molecular weight excluding hydrogens is 280 g/mol. The topological polar surface area (TPSA) is 9.23 Å². The van der Waals surface area contributed by atoms with Crippen molar-refractivity contribution in [2.45, 2.75) is 32.0 Å². The van der Waals surface area contributed by atoms with Crippen molar-refractivity contribution in [3.8, 4) is 0 Å². The van der Waals surface area contributed by atoms with E-state index in [1.54, 1.807) is 0 Å². The zero-order chi connectivity index (χ0) is 15.5. The summed E-state index contributed by atoms with van der Waals surface area (Å²) < 4.78 is 6.03. The van der Waals surface area contributed by atoms with Crippen LogP contribution in [0.4, 0.5) is 0 Å². The Hall–Kier alpha value is -2.12. The molecule has 0 N–H and O–H groups in total. The quantitative estimate of drug-likeness (QED) is 0.594. The van der Waals surface area contributed by atoms with Crippen molar-refractivity contribution in [2.24, 2.45) is 5.92 Å². The van der Waals surface area contributed by atoms with E-state index in [2.05, 4.69) is 66.7 Å². The number of hydrogen-bond acceptors (Lipinski definition) is 1. The van der Waals surface area contributed by atoms with Crippen molar-refractivity contribution < 1.29 is 4.74 Å². The van der Waals surface area contributed by atoms with Gasteiger partial charge in [-0.2, -0.15) is 0 Å². The number of aryl methyl sites for hydroxylation is 1. The van der Waals surface area contributed by atoms with Crippen LogP contribution in [0.15, 0.2) is 72.8 Å². The molecule has 1 heteroatoms. The molecule has 0 heterocycles. The predicted octanol–water partition coefficient (Wildman–Crippen LogP) is 5.38. The summed E-state index contributed by atoms with van der Waals surface area (Å²) in [6.45, 7) is 0.746. The minimum absolute atomic E-state index is 0.463. The Labute approximate surface area is 137 Å². The van der Waals surface area contributed by atoms with Crippen molar-refractivity contribution in [3.63, 3.8) is 0 Å². The molecule has 1 aliphatic carbocycles. The molecule has 0 aromatic heterocycles. The van der Waals surface area contributed by atoms with Crippen LogP contribution in [0.3, 0.4) is 0 Å². The van der Waals surface area contributed by atoms with E-state index < -0.39 is 0 Å². The zero-order valence-corrected chi connectivity index (χ0v) is 13.3. The first-order valence-electron chi connectivity index (χ1n) is 8.52. The molecule has 23 heavy (non-hydrogen) atoms. The van der Waals surface area contributed by atoms with Crippen LogP contribution in [0.5, 0.6) is 0 Å². The zero-order valence-electron chi connectivity index (χ0n) is 13.3. The van der Waals surface area contributed by atoms with Crippen LogP contribution in [-0.4, -0.2) is 6.10 Å². The van der Waals surface area contributed by atoms with E-state index in [0.29, 0.717) is 6.10 Å². The third-order valence-electron chi connectivity index (χ3n) is 4.83. The molecule has 1 saturated carbocycles. The number of hydrogen-bond donors (Lipinski definition) is 0. The van der Waals surface area contributed by atoms with Crippen LogP contribution < -0.4 is 0 Å². The Balaban J connectivity index is 1.30. The lowest BCUT2D eigenvalue weighted by molar-refractivity contribution is 0.0944. The van der Waals surface area contributed by atoms with Crippen molar-refractivity contribution in [1.29, 1.82) is 0 Å². The average molecular weight is 302 g/mol. The third kappa shape index (κ3) is 3.46. The molecule has 2 unspecified atom stereocenters. The van der Waals surface area contributed by atoms with E-state index in [4.69, 9.17) is 4.74 Å². The summed E-state index contributed by atoms with van der Waals surface area (Å²) in [5, 5.41) is 2.75. The fourth-order valence-corrected chi connectivity index (χ4v) is 3.36. The Kier molecular flexibility index (Phi) is 4.12. The maximum atomic E-state index is 6.03. The van der Waals surface area contributed by atoms with Crippen LogP contribution in [0.2, 0.25) is 0 Å². The van der Waals surface area contributed by atoms with Crippen LogP contribution in [0.25, 0.3) is 10.8 Å². The highest BCUT2D eigenvalue weighted by molar-refractivity contribution is 5.85. The molecule has 4 rings (SSSR count). The summed E-state index contributed by atoms with van der Waals surface area (Å²) in [6.07, 6.45) is 4.06. The second-order valence-electron chi connectivity index (χ2n) is 6.51. The number of ether oxygens (including phenoxy) is 1. The standard InChI is InChI=1S/C22H22O/c1-2-7-17(8-3-1)16-23-22-15-20(22)14-13-19-11-6-10-18-9-4-5-12-21(18)19/h1-12,20,22H,13-16H2. The highest BCUT2D eigenvalue weighted by atomic mass is 16.5. The largest absolute Gasteiger partial charge is 0.373 e. The molecule has 0 saturated heterocycles. The van der Waals surface area contributed by atoms with Gasteiger partial charge in [-0.15, -0.1) is 0 Å². The third-order valence-corrected chi connectivity index (χ3v) is 4.83. The van der Waals surface area contributed by atoms with E-state index in [1.165, 1.54) is 34.7 Å². The lowest BCUT2D eigenvalue weighted by atomic mass is 10.00. The summed E-state index contributed by atoms with van der Waals surface area (Å²) >= 11 is 0. The van der Waals surface area contributed by atoms with E-state index in [-0.39, 0.29) is 0 Å². The Morgan fingerprint density at radius 1 is 0.826 bits per heavy atom. The van der Waals surface area contributed by atoms with Crippen LogP contribution >= 0.6 is 0 Å². The van der Waals surface area contributed by atoms with E-state index in [0.717, 1.165) is 18.9 Å². The number of rotatable bonds is 6. The monoisotopic (exact) mass is 302 g/mol. The summed E-state index contributed by atoms with van der Waals surface area (Å²) in [6, 6.07) is 25.8. The average Bonchev–Trinajstić information content (AvgIpc) is 3.37. The minimum Gasteiger partial charge on any atom is -0.373 e. The predicted molar refractivity (Wildman–Crippen MR) is 95.4 cm³/mol. The molecular formula is C22H22O. The second-order valence-corrected chi connectivity index (χ2v) is 6.51. The maximum Gasteiger partial charge on any atom is 0.0720 e. The van der Waals surface area contributed by atoms with Gasteiger partial charge < -0.3 is 4.74 Å². The smallest absolute Gasteiger partial charge is 0.0720 e. The molecule has 2 atom stereocenters. The Morgan fingerprint density at radius 2 is 1.61 bits per heavy atom. The molecule has 1 aliphatic rings. The van der Waals surface area contributed by atoms with Crippen molar-refractivity contribution in [2.75, 3.05) is 0 Å². The van der Waals surface area contributed by atoms with Gasteiger partial charge in [-0.3, -0.25) is 0 Å². The fraction of sp³-hybridized carbons (Fsp3) is 0.273. The summed E-state index contributed by atoms with van der Waals surface area (Å²) in [5.41, 5.74) is 2.74. The molecule has 0 amide bonds. The van der Waals surface area contributed by atoms with Gasteiger partial charge in [-0.25, -0.2) is 0 Å². The fourth-order valence-electron chi connectivity index (χ4n) is 3.36. The Morgan fingerprint density at radius 3 is 2.52 bits per heavy atom. The van der Waals surface area contributed by atoms with Gasteiger partial charge in [0, 0.05) is 0 Å². The van der Waals surface area contributed by atoms with E-state index in [1.807, 2.05) is 6.07 Å². The van der Waals surface area contributed by atoms with Crippen LogP contribution in [-0.2, 0) is 17.8 Å². The first-order chi connectivity index (χ1) is 11.4. The van der Waals surface area contributed by atoms with Crippen molar-refractivity contribution >= 4 is 10.8 Å². The first-order valence-corrected chi connectivity index (χ1v) is 8.52. The van der Waals surface area contributed by atoms with Gasteiger partial charge in [-0.1, -0.05) is 72.8 Å². The molecule has 116 valence electrons. The van der Waals surface area contributed by atoms with E-state index in [9.17, 15) is 0 Å². The van der Waals surface area contributed by atoms with Gasteiger partial charge >= 0.3 is 0 Å². The molecule has 1 nitrogen and oxygen atoms in total. The van der Waals surface area contributed by atoms with Crippen molar-refractivity contribution in [3.05, 3.63) is 83.9 Å². The summed E-state index contributed by atoms with van der Waals surface area (Å²) in [4.78, 5) is 0. The molecule has 3 aromatic rings. The Bertz CT molecular complexity index is 773. The van der Waals surface area contributed by atoms with Gasteiger partial charge in [0.2, 0.25) is 0 Å². The minimum atomic E-state index is 0.463. The lowest BCUT2D eigenvalue weighted by Crippen LogP contribution is -1.99. The van der Waals surface area contributed by atoms with Crippen LogP contribution in [0, 0.1) is 5.92 Å². The highest BCUT2D eigenvalue weighted by Gasteiger charge is 2.37. The highest BCUT2D eigenvalue weighted by Crippen LogP contribution is 2.38. The second kappa shape index (κ2) is 6.55. The van der Waals surface area contributed by atoms with E-state index >= 15 is 0 Å².